The molecule has 1 saturated heterocycles. The van der Waals surface area contributed by atoms with E-state index in [0.717, 1.165) is 55.2 Å². The molecule has 3 N–H and O–H groups in total. The van der Waals surface area contributed by atoms with Crippen molar-refractivity contribution >= 4 is 28.9 Å². The molecule has 4 aromatic heterocycles. The van der Waals surface area contributed by atoms with Crippen molar-refractivity contribution in [2.24, 2.45) is 7.05 Å². The third-order valence-electron chi connectivity index (χ3n) is 6.95. The van der Waals surface area contributed by atoms with Crippen LogP contribution in [0.5, 0.6) is 5.88 Å². The van der Waals surface area contributed by atoms with E-state index >= 15 is 0 Å². The molecule has 200 valence electrons. The number of anilines is 4. The van der Waals surface area contributed by atoms with Crippen molar-refractivity contribution in [1.29, 1.82) is 5.41 Å². The number of likely N-dealkylation sites (N-methyl/N-ethyl adjacent to an activating group) is 1. The van der Waals surface area contributed by atoms with E-state index in [1.54, 1.807) is 35.5 Å². The molecule has 6 rings (SSSR count). The number of hydrogen-bond donors (Lipinski definition) is 3. The van der Waals surface area contributed by atoms with Crippen LogP contribution in [0, 0.1) is 5.41 Å². The Morgan fingerprint density at radius 2 is 1.82 bits per heavy atom. The van der Waals surface area contributed by atoms with E-state index in [9.17, 15) is 0 Å². The first-order chi connectivity index (χ1) is 19.0. The molecule has 0 radical (unpaired) electrons. The normalized spacial score (nSPS) is 15.8. The predicted molar refractivity (Wildman–Crippen MR) is 150 cm³/mol. The molecule has 0 unspecified atom stereocenters. The zero-order valence-electron chi connectivity index (χ0n) is 22.1. The Labute approximate surface area is 226 Å². The number of piperazine rings is 1. The molecule has 2 aliphatic heterocycles. The van der Waals surface area contributed by atoms with Crippen molar-refractivity contribution in [3.05, 3.63) is 60.2 Å². The van der Waals surface area contributed by atoms with Gasteiger partial charge in [-0.25, -0.2) is 24.6 Å². The van der Waals surface area contributed by atoms with Crippen LogP contribution in [0.15, 0.2) is 49.1 Å². The maximum atomic E-state index is 9.08. The van der Waals surface area contributed by atoms with Crippen LogP contribution >= 0.6 is 0 Å². The van der Waals surface area contributed by atoms with E-state index in [1.165, 1.54) is 0 Å². The van der Waals surface area contributed by atoms with Crippen molar-refractivity contribution in [1.82, 2.24) is 34.6 Å². The predicted octanol–water partition coefficient (Wildman–Crippen LogP) is 2.77. The first-order valence-corrected chi connectivity index (χ1v) is 13.0. The lowest BCUT2D eigenvalue weighted by atomic mass is 10.0. The lowest BCUT2D eigenvalue weighted by molar-refractivity contribution is 0.289. The maximum Gasteiger partial charge on any atom is 0.222 e. The summed E-state index contributed by atoms with van der Waals surface area (Å²) in [5, 5.41) is 20.2. The summed E-state index contributed by atoms with van der Waals surface area (Å²) in [6, 6.07) is 7.58. The number of aromatic nitrogens is 6. The van der Waals surface area contributed by atoms with E-state index < -0.39 is 0 Å². The Morgan fingerprint density at radius 3 is 2.69 bits per heavy atom. The lowest BCUT2D eigenvalue weighted by Gasteiger charge is -2.33. The van der Waals surface area contributed by atoms with E-state index in [2.05, 4.69) is 52.5 Å². The molecule has 1 fully saturated rings. The van der Waals surface area contributed by atoms with Gasteiger partial charge < -0.3 is 25.2 Å². The van der Waals surface area contributed by atoms with Crippen LogP contribution in [-0.4, -0.2) is 86.7 Å². The summed E-state index contributed by atoms with van der Waals surface area (Å²) in [7, 11) is 3.97. The average molecular weight is 526 g/mol. The molecule has 0 aromatic carbocycles. The van der Waals surface area contributed by atoms with Gasteiger partial charge in [-0.2, -0.15) is 5.10 Å². The standard InChI is InChI=1S/C27H31N11O/c1-36-9-11-38(12-10-36)24-14-18(4-7-30-24)25(28)19-16-32-23-15-21(19)29-6-3-13-39-27-20(17-33-37(27)2)26-31-8-5-22(34-23)35-26/h4-5,7-8,14-17,28-29H,3,6,9-13H2,1-2H3,(H,31,32,34,35). The highest BCUT2D eigenvalue weighted by Crippen LogP contribution is 2.29. The van der Waals surface area contributed by atoms with Gasteiger partial charge in [-0.1, -0.05) is 0 Å². The zero-order valence-corrected chi connectivity index (χ0v) is 22.1. The Bertz CT molecular complexity index is 1490. The number of nitrogens with one attached hydrogen (secondary N) is 3. The number of nitrogens with zero attached hydrogens (tertiary/aromatic N) is 8. The van der Waals surface area contributed by atoms with Crippen molar-refractivity contribution in [2.75, 3.05) is 61.9 Å². The monoisotopic (exact) mass is 525 g/mol. The molecule has 4 aromatic rings. The van der Waals surface area contributed by atoms with Gasteiger partial charge in [-0.15, -0.1) is 0 Å². The van der Waals surface area contributed by atoms with Gasteiger partial charge in [0.05, 0.1) is 18.5 Å². The van der Waals surface area contributed by atoms with Crippen LogP contribution in [0.4, 0.5) is 23.1 Å². The molecular formula is C27H31N11O. The topological polar surface area (TPSA) is 133 Å². The van der Waals surface area contributed by atoms with Crippen LogP contribution in [0.2, 0.25) is 0 Å². The van der Waals surface area contributed by atoms with Gasteiger partial charge in [-0.05, 0) is 31.7 Å². The van der Waals surface area contributed by atoms with Crippen molar-refractivity contribution in [3.8, 4) is 17.3 Å². The van der Waals surface area contributed by atoms with Gasteiger partial charge in [0, 0.05) is 81.2 Å². The Hall–Kier alpha value is -4.58. The molecule has 0 spiro atoms. The maximum absolute atomic E-state index is 9.08. The fourth-order valence-corrected chi connectivity index (χ4v) is 4.71. The highest BCUT2D eigenvalue weighted by atomic mass is 16.5. The van der Waals surface area contributed by atoms with Gasteiger partial charge in [0.1, 0.15) is 23.0 Å². The largest absolute Gasteiger partial charge is 0.477 e. The summed E-state index contributed by atoms with van der Waals surface area (Å²) in [5.74, 6) is 3.25. The van der Waals surface area contributed by atoms with E-state index in [0.29, 0.717) is 47.8 Å². The van der Waals surface area contributed by atoms with Crippen LogP contribution < -0.4 is 20.3 Å². The highest BCUT2D eigenvalue weighted by molar-refractivity contribution is 6.14. The number of rotatable bonds is 3. The van der Waals surface area contributed by atoms with Gasteiger partial charge in [-0.3, -0.25) is 5.41 Å². The molecule has 12 nitrogen and oxygen atoms in total. The quantitative estimate of drug-likeness (QED) is 0.343. The van der Waals surface area contributed by atoms with Gasteiger partial charge in [0.15, 0.2) is 5.82 Å². The Kier molecular flexibility index (Phi) is 6.76. The minimum absolute atomic E-state index is 0.385. The van der Waals surface area contributed by atoms with Crippen molar-refractivity contribution in [3.63, 3.8) is 0 Å². The molecule has 2 aliphatic rings. The summed E-state index contributed by atoms with van der Waals surface area (Å²) in [4.78, 5) is 22.9. The number of hydrogen-bond acceptors (Lipinski definition) is 11. The van der Waals surface area contributed by atoms with Crippen LogP contribution in [0.25, 0.3) is 11.4 Å². The SMILES string of the molecule is CN1CCN(c2cc(C(=N)c3cnc4cc3NCCCOc3c(cnn3C)-c3nccc(n3)N4)ccn2)CC1. The minimum atomic E-state index is 0.385. The Balaban J connectivity index is 1.30. The fraction of sp³-hybridized carbons (Fsp3) is 0.333. The first kappa shape index (κ1) is 24.7. The van der Waals surface area contributed by atoms with Gasteiger partial charge in [0.2, 0.25) is 5.88 Å². The molecule has 0 amide bonds. The minimum Gasteiger partial charge on any atom is -0.477 e. The summed E-state index contributed by atoms with van der Waals surface area (Å²) in [6.07, 6.45) is 7.66. The fourth-order valence-electron chi connectivity index (χ4n) is 4.71. The molecule has 6 heterocycles. The number of pyridine rings is 2. The summed E-state index contributed by atoms with van der Waals surface area (Å²) < 4.78 is 7.76. The van der Waals surface area contributed by atoms with Crippen LogP contribution in [-0.2, 0) is 7.05 Å². The Morgan fingerprint density at radius 1 is 0.974 bits per heavy atom. The van der Waals surface area contributed by atoms with E-state index in [-0.39, 0.29) is 0 Å². The number of ether oxygens (including phenoxy) is 1. The number of fused-ring (bicyclic) bond motifs is 6. The molecule has 12 heteroatoms. The smallest absolute Gasteiger partial charge is 0.222 e. The van der Waals surface area contributed by atoms with Crippen molar-refractivity contribution < 1.29 is 4.74 Å². The second-order valence-electron chi connectivity index (χ2n) is 9.69. The average Bonchev–Trinajstić information content (AvgIpc) is 3.33. The molecule has 4 bridgehead atoms. The van der Waals surface area contributed by atoms with Crippen LogP contribution in [0.3, 0.4) is 0 Å². The zero-order chi connectivity index (χ0) is 26.8. The molecule has 0 aliphatic carbocycles. The summed E-state index contributed by atoms with van der Waals surface area (Å²) >= 11 is 0. The first-order valence-electron chi connectivity index (χ1n) is 13.0. The second kappa shape index (κ2) is 10.7. The third-order valence-corrected chi connectivity index (χ3v) is 6.95. The van der Waals surface area contributed by atoms with Crippen molar-refractivity contribution in [2.45, 2.75) is 6.42 Å². The van der Waals surface area contributed by atoms with Crippen LogP contribution in [0.1, 0.15) is 17.5 Å². The molecule has 39 heavy (non-hydrogen) atoms. The van der Waals surface area contributed by atoms with Gasteiger partial charge >= 0.3 is 0 Å². The second-order valence-corrected chi connectivity index (χ2v) is 9.69. The molecular weight excluding hydrogens is 494 g/mol. The van der Waals surface area contributed by atoms with Gasteiger partial charge in [0.25, 0.3) is 0 Å². The number of aryl methyl sites for hydroxylation is 1. The highest BCUT2D eigenvalue weighted by Gasteiger charge is 2.19. The van der Waals surface area contributed by atoms with E-state index in [1.807, 2.05) is 25.2 Å². The summed E-state index contributed by atoms with van der Waals surface area (Å²) in [6.45, 7) is 4.97. The molecule has 0 saturated carbocycles. The third kappa shape index (κ3) is 5.23. The lowest BCUT2D eigenvalue weighted by Crippen LogP contribution is -2.44. The summed E-state index contributed by atoms with van der Waals surface area (Å²) in [5.41, 5.74) is 3.43. The molecule has 0 atom stereocenters. The van der Waals surface area contributed by atoms with E-state index in [4.69, 9.17) is 10.1 Å².